The van der Waals surface area contributed by atoms with E-state index in [1.54, 1.807) is 19.2 Å². The smallest absolute Gasteiger partial charge is 0.406 e. The summed E-state index contributed by atoms with van der Waals surface area (Å²) in [5.74, 6) is 0.561. The maximum absolute atomic E-state index is 10.9. The van der Waals surface area contributed by atoms with Gasteiger partial charge in [-0.1, -0.05) is 12.1 Å². The molecule has 0 N–H and O–H groups in total. The number of nitrogens with zero attached hydrogens (tertiary/aromatic N) is 2. The first-order valence-corrected chi connectivity index (χ1v) is 6.45. The minimum absolute atomic E-state index is 0.125. The van der Waals surface area contributed by atoms with Crippen LogP contribution >= 0.6 is 15.9 Å². The van der Waals surface area contributed by atoms with E-state index >= 15 is 0 Å². The topological polar surface area (TPSA) is 74.5 Å². The maximum atomic E-state index is 10.9. The Morgan fingerprint density at radius 3 is 2.65 bits per heavy atom. The second-order valence-corrected chi connectivity index (χ2v) is 4.78. The number of hydrogen-bond acceptors (Lipinski definition) is 5. The van der Waals surface area contributed by atoms with Crippen LogP contribution in [-0.4, -0.2) is 17.0 Å². The fraction of sp³-hybridized carbons (Fsp3) is 0.154. The predicted octanol–water partition coefficient (Wildman–Crippen LogP) is 3.34. The molecule has 2 rings (SSSR count). The lowest BCUT2D eigenvalue weighted by Gasteiger charge is -2.07. The van der Waals surface area contributed by atoms with Crippen molar-refractivity contribution >= 4 is 21.7 Å². The van der Waals surface area contributed by atoms with Gasteiger partial charge < -0.3 is 19.6 Å². The number of benzene rings is 1. The van der Waals surface area contributed by atoms with Gasteiger partial charge in [-0.2, -0.15) is 0 Å². The Bertz CT molecular complexity index is 616. The van der Waals surface area contributed by atoms with Gasteiger partial charge in [0.05, 0.1) is 11.6 Å². The van der Waals surface area contributed by atoms with Crippen molar-refractivity contribution in [3.05, 3.63) is 56.7 Å². The average Bonchev–Trinajstić information content (AvgIpc) is 2.45. The lowest BCUT2D eigenvalue weighted by molar-refractivity contribution is -0.390. The van der Waals surface area contributed by atoms with E-state index in [1.807, 2.05) is 12.1 Å². The largest absolute Gasteiger partial charge is 0.497 e. The molecule has 1 heterocycles. The zero-order chi connectivity index (χ0) is 14.5. The van der Waals surface area contributed by atoms with Crippen LogP contribution in [0.2, 0.25) is 0 Å². The lowest BCUT2D eigenvalue weighted by Crippen LogP contribution is -2.01. The summed E-state index contributed by atoms with van der Waals surface area (Å²) >= 11 is 3.21. The van der Waals surface area contributed by atoms with E-state index in [2.05, 4.69) is 20.9 Å². The highest BCUT2D eigenvalue weighted by molar-refractivity contribution is 9.10. The highest BCUT2D eigenvalue weighted by Gasteiger charge is 2.17. The predicted molar refractivity (Wildman–Crippen MR) is 75.9 cm³/mol. The molecule has 0 fully saturated rings. The monoisotopic (exact) mass is 338 g/mol. The molecular weight excluding hydrogens is 328 g/mol. The Balaban J connectivity index is 2.13. The van der Waals surface area contributed by atoms with Crippen LogP contribution in [0.4, 0.5) is 5.82 Å². The van der Waals surface area contributed by atoms with Gasteiger partial charge in [-0.25, -0.2) is 0 Å². The third kappa shape index (κ3) is 3.45. The van der Waals surface area contributed by atoms with Crippen molar-refractivity contribution in [2.75, 3.05) is 7.11 Å². The molecule has 0 aliphatic rings. The van der Waals surface area contributed by atoms with Crippen molar-refractivity contribution in [2.45, 2.75) is 6.61 Å². The van der Waals surface area contributed by atoms with Gasteiger partial charge in [0.25, 0.3) is 0 Å². The van der Waals surface area contributed by atoms with E-state index in [0.29, 0.717) is 4.47 Å². The molecule has 104 valence electrons. The Morgan fingerprint density at radius 2 is 2.05 bits per heavy atom. The number of pyridine rings is 1. The molecule has 0 aliphatic heterocycles. The van der Waals surface area contributed by atoms with Gasteiger partial charge in [-0.15, -0.1) is 0 Å². The SMILES string of the molecule is COc1ccc(COc2cc(Br)cnc2[N+](=O)[O-])cc1. The molecule has 0 spiro atoms. The molecule has 0 saturated heterocycles. The Labute approximate surface area is 123 Å². The third-order valence-electron chi connectivity index (χ3n) is 2.53. The van der Waals surface area contributed by atoms with Crippen molar-refractivity contribution in [1.29, 1.82) is 0 Å². The number of ether oxygens (including phenoxy) is 2. The fourth-order valence-corrected chi connectivity index (χ4v) is 1.85. The van der Waals surface area contributed by atoms with Crippen LogP contribution in [0.15, 0.2) is 41.0 Å². The Kier molecular flexibility index (Phi) is 4.52. The van der Waals surface area contributed by atoms with Crippen molar-refractivity contribution in [2.24, 2.45) is 0 Å². The van der Waals surface area contributed by atoms with Crippen molar-refractivity contribution in [3.8, 4) is 11.5 Å². The summed E-state index contributed by atoms with van der Waals surface area (Å²) in [6.45, 7) is 0.211. The Morgan fingerprint density at radius 1 is 1.35 bits per heavy atom. The normalized spacial score (nSPS) is 10.1. The Hall–Kier alpha value is -2.15. The summed E-state index contributed by atoms with van der Waals surface area (Å²) < 4.78 is 11.1. The van der Waals surface area contributed by atoms with Crippen LogP contribution in [-0.2, 0) is 6.61 Å². The number of aromatic nitrogens is 1. The lowest BCUT2D eigenvalue weighted by atomic mass is 10.2. The number of rotatable bonds is 5. The van der Waals surface area contributed by atoms with Crippen LogP contribution in [0.5, 0.6) is 11.5 Å². The number of nitro groups is 1. The van der Waals surface area contributed by atoms with E-state index in [4.69, 9.17) is 9.47 Å². The van der Waals surface area contributed by atoms with E-state index in [9.17, 15) is 10.1 Å². The summed E-state index contributed by atoms with van der Waals surface area (Å²) in [5.41, 5.74) is 0.875. The molecule has 0 unspecified atom stereocenters. The molecule has 0 atom stereocenters. The first kappa shape index (κ1) is 14.3. The van der Waals surface area contributed by atoms with E-state index in [0.717, 1.165) is 11.3 Å². The molecule has 1 aromatic carbocycles. The molecule has 0 bridgehead atoms. The van der Waals surface area contributed by atoms with Crippen molar-refractivity contribution in [3.63, 3.8) is 0 Å². The molecule has 0 aliphatic carbocycles. The summed E-state index contributed by atoms with van der Waals surface area (Å²) in [7, 11) is 1.59. The van der Waals surface area contributed by atoms with Gasteiger partial charge in [-0.05, 0) is 43.5 Å². The summed E-state index contributed by atoms with van der Waals surface area (Å²) in [6.07, 6.45) is 1.36. The van der Waals surface area contributed by atoms with Crippen LogP contribution in [0.25, 0.3) is 0 Å². The first-order valence-electron chi connectivity index (χ1n) is 5.66. The highest BCUT2D eigenvalue weighted by atomic mass is 79.9. The zero-order valence-corrected chi connectivity index (χ0v) is 12.2. The quantitative estimate of drug-likeness (QED) is 0.617. The molecule has 0 radical (unpaired) electrons. The van der Waals surface area contributed by atoms with Crippen molar-refractivity contribution < 1.29 is 14.4 Å². The molecule has 0 amide bonds. The van der Waals surface area contributed by atoms with Crippen LogP contribution in [0, 0.1) is 10.1 Å². The third-order valence-corrected chi connectivity index (χ3v) is 2.96. The van der Waals surface area contributed by atoms with Crippen LogP contribution < -0.4 is 9.47 Å². The number of halogens is 1. The van der Waals surface area contributed by atoms with Gasteiger partial charge in [0.1, 0.15) is 12.4 Å². The highest BCUT2D eigenvalue weighted by Crippen LogP contribution is 2.28. The first-order chi connectivity index (χ1) is 9.60. The van der Waals surface area contributed by atoms with Crippen LogP contribution in [0.1, 0.15) is 5.56 Å². The second-order valence-electron chi connectivity index (χ2n) is 3.87. The molecule has 6 nitrogen and oxygen atoms in total. The minimum atomic E-state index is -0.574. The standard InChI is InChI=1S/C13H11BrN2O4/c1-19-11-4-2-9(3-5-11)8-20-12-6-10(14)7-15-13(12)16(17)18/h2-7H,8H2,1H3. The summed E-state index contributed by atoms with van der Waals surface area (Å²) in [5, 5.41) is 10.9. The van der Waals surface area contributed by atoms with Crippen LogP contribution in [0.3, 0.4) is 0 Å². The second kappa shape index (κ2) is 6.33. The number of hydrogen-bond donors (Lipinski definition) is 0. The molecule has 0 saturated carbocycles. The average molecular weight is 339 g/mol. The van der Waals surface area contributed by atoms with Gasteiger partial charge in [-0.3, -0.25) is 0 Å². The molecule has 20 heavy (non-hydrogen) atoms. The number of methoxy groups -OCH3 is 1. The van der Waals surface area contributed by atoms with Gasteiger partial charge in [0, 0.05) is 6.07 Å². The molecule has 7 heteroatoms. The minimum Gasteiger partial charge on any atom is -0.497 e. The van der Waals surface area contributed by atoms with E-state index in [1.165, 1.54) is 12.3 Å². The van der Waals surface area contributed by atoms with Gasteiger partial charge in [0.15, 0.2) is 6.20 Å². The molecular formula is C13H11BrN2O4. The van der Waals surface area contributed by atoms with Gasteiger partial charge >= 0.3 is 5.82 Å². The maximum Gasteiger partial charge on any atom is 0.406 e. The zero-order valence-electron chi connectivity index (χ0n) is 10.6. The fourth-order valence-electron chi connectivity index (χ4n) is 1.54. The summed E-state index contributed by atoms with van der Waals surface area (Å²) in [6, 6.07) is 8.78. The van der Waals surface area contributed by atoms with E-state index < -0.39 is 4.92 Å². The van der Waals surface area contributed by atoms with Crippen molar-refractivity contribution in [1.82, 2.24) is 4.98 Å². The summed E-state index contributed by atoms with van der Waals surface area (Å²) in [4.78, 5) is 14.0. The van der Waals surface area contributed by atoms with Gasteiger partial charge in [0.2, 0.25) is 5.75 Å². The molecule has 1 aromatic heterocycles. The van der Waals surface area contributed by atoms with E-state index in [-0.39, 0.29) is 18.2 Å². The molecule has 2 aromatic rings.